The second-order valence-electron chi connectivity index (χ2n) is 10.5. The van der Waals surface area contributed by atoms with Gasteiger partial charge in [0.15, 0.2) is 0 Å². The molecule has 0 N–H and O–H groups in total. The normalized spacial score (nSPS) is 41.5. The largest absolute Gasteiger partial charge is 0.0738 e. The Bertz CT molecular complexity index is 482. The molecule has 0 bridgehead atoms. The summed E-state index contributed by atoms with van der Waals surface area (Å²) >= 11 is 0. The van der Waals surface area contributed by atoms with Crippen molar-refractivity contribution in [3.8, 4) is 0 Å². The maximum atomic E-state index is 2.65. The fourth-order valence-electron chi connectivity index (χ4n) is 7.04. The van der Waals surface area contributed by atoms with Gasteiger partial charge in [0.1, 0.15) is 0 Å². The molecule has 0 amide bonds. The van der Waals surface area contributed by atoms with E-state index in [1.54, 1.807) is 5.57 Å². The molecule has 0 aliphatic heterocycles. The van der Waals surface area contributed by atoms with E-state index in [9.17, 15) is 0 Å². The van der Waals surface area contributed by atoms with Crippen molar-refractivity contribution < 1.29 is 0 Å². The van der Waals surface area contributed by atoms with Crippen molar-refractivity contribution in [3.63, 3.8) is 0 Å². The Kier molecular flexibility index (Phi) is 7.48. The number of hydrogen-bond acceptors (Lipinski definition) is 0. The third kappa shape index (κ3) is 4.10. The first kappa shape index (κ1) is 22.0. The lowest BCUT2D eigenvalue weighted by atomic mass is 9.53. The summed E-state index contributed by atoms with van der Waals surface area (Å²) in [5.74, 6) is 3.88. The van der Waals surface area contributed by atoms with Crippen molar-refractivity contribution in [2.45, 2.75) is 120 Å². The predicted octanol–water partition coefficient (Wildman–Crippen LogP) is 8.81. The molecule has 3 fully saturated rings. The molecule has 5 unspecified atom stereocenters. The molecular formula is C26H48. The van der Waals surface area contributed by atoms with Crippen molar-refractivity contribution >= 4 is 0 Å². The van der Waals surface area contributed by atoms with E-state index in [2.05, 4.69) is 41.5 Å². The zero-order chi connectivity index (χ0) is 19.5. The lowest BCUT2D eigenvalue weighted by molar-refractivity contribution is -0.0109. The number of hydrogen-bond donors (Lipinski definition) is 0. The van der Waals surface area contributed by atoms with Crippen LogP contribution in [-0.2, 0) is 0 Å². The number of allylic oxidation sites excluding steroid dienone is 2. The van der Waals surface area contributed by atoms with Gasteiger partial charge in [0.2, 0.25) is 0 Å². The Morgan fingerprint density at radius 3 is 2.27 bits per heavy atom. The summed E-state index contributed by atoms with van der Waals surface area (Å²) in [5, 5.41) is 0. The average molecular weight is 361 g/mol. The van der Waals surface area contributed by atoms with E-state index in [1.807, 2.05) is 19.4 Å². The van der Waals surface area contributed by atoms with Crippen molar-refractivity contribution in [1.29, 1.82) is 0 Å². The molecular weight excluding hydrogens is 312 g/mol. The van der Waals surface area contributed by atoms with Crippen LogP contribution in [0.15, 0.2) is 11.1 Å². The SMILES string of the molecule is CC.CC/C(C)=C1\CCC2C3CCCC(C)CCC(C)(C)C3CCC12C. The van der Waals surface area contributed by atoms with Crippen molar-refractivity contribution in [2.75, 3.05) is 0 Å². The van der Waals surface area contributed by atoms with Gasteiger partial charge in [-0.15, -0.1) is 0 Å². The minimum Gasteiger partial charge on any atom is -0.0738 e. The van der Waals surface area contributed by atoms with E-state index in [4.69, 9.17) is 0 Å². The molecule has 152 valence electrons. The van der Waals surface area contributed by atoms with E-state index in [-0.39, 0.29) is 0 Å². The van der Waals surface area contributed by atoms with E-state index in [0.717, 1.165) is 23.7 Å². The standard InChI is InChI=1S/C24H42.C2H6/c1-7-18(3)20-11-12-22-19-10-8-9-17(2)13-15-23(4,5)21(19)14-16-24(20,22)6;1-2/h17,19,21-22H,7-16H2,1-6H3;1-2H3/b20-18+;. The molecule has 0 aromatic heterocycles. The summed E-state index contributed by atoms with van der Waals surface area (Å²) in [4.78, 5) is 0. The van der Waals surface area contributed by atoms with Gasteiger partial charge in [0.05, 0.1) is 0 Å². The fraction of sp³-hybridized carbons (Fsp3) is 0.923. The Morgan fingerprint density at radius 1 is 0.923 bits per heavy atom. The van der Waals surface area contributed by atoms with E-state index < -0.39 is 0 Å². The molecule has 0 aromatic rings. The van der Waals surface area contributed by atoms with Crippen LogP contribution in [0.4, 0.5) is 0 Å². The van der Waals surface area contributed by atoms with Gasteiger partial charge in [-0.2, -0.15) is 0 Å². The smallest absolute Gasteiger partial charge is 0.00826 e. The van der Waals surface area contributed by atoms with Crippen LogP contribution < -0.4 is 0 Å². The Labute approximate surface area is 165 Å². The molecule has 3 saturated carbocycles. The molecule has 0 saturated heterocycles. The highest BCUT2D eigenvalue weighted by Crippen LogP contribution is 2.63. The summed E-state index contributed by atoms with van der Waals surface area (Å²) in [7, 11) is 0. The highest BCUT2D eigenvalue weighted by atomic mass is 14.6. The minimum absolute atomic E-state index is 0.539. The maximum Gasteiger partial charge on any atom is -0.00826 e. The van der Waals surface area contributed by atoms with Gasteiger partial charge in [-0.3, -0.25) is 0 Å². The van der Waals surface area contributed by atoms with Crippen LogP contribution in [0.2, 0.25) is 0 Å². The quantitative estimate of drug-likeness (QED) is 0.410. The molecule has 0 aromatic carbocycles. The minimum atomic E-state index is 0.539. The third-order valence-electron chi connectivity index (χ3n) is 8.79. The monoisotopic (exact) mass is 360 g/mol. The first-order chi connectivity index (χ1) is 12.3. The molecule has 26 heavy (non-hydrogen) atoms. The average Bonchev–Trinajstić information content (AvgIpc) is 2.99. The van der Waals surface area contributed by atoms with Crippen LogP contribution in [-0.4, -0.2) is 0 Å². The number of rotatable bonds is 1. The number of fused-ring (bicyclic) bond motifs is 3. The zero-order valence-electron chi connectivity index (χ0n) is 19.4. The summed E-state index contributed by atoms with van der Waals surface area (Å²) in [6, 6.07) is 0. The first-order valence-electron chi connectivity index (χ1n) is 12.0. The lowest BCUT2D eigenvalue weighted by Gasteiger charge is -2.52. The molecule has 3 rings (SSSR count). The van der Waals surface area contributed by atoms with Gasteiger partial charge >= 0.3 is 0 Å². The van der Waals surface area contributed by atoms with Crippen LogP contribution in [0.5, 0.6) is 0 Å². The molecule has 0 heteroatoms. The third-order valence-corrected chi connectivity index (χ3v) is 8.79. The van der Waals surface area contributed by atoms with Crippen LogP contribution in [0.1, 0.15) is 120 Å². The summed E-state index contributed by atoms with van der Waals surface area (Å²) in [6.07, 6.45) is 14.5. The second kappa shape index (κ2) is 8.83. The molecule has 3 aliphatic rings. The summed E-state index contributed by atoms with van der Waals surface area (Å²) in [6.45, 7) is 19.1. The fourth-order valence-corrected chi connectivity index (χ4v) is 7.04. The molecule has 5 atom stereocenters. The van der Waals surface area contributed by atoms with Crippen molar-refractivity contribution in [2.24, 2.45) is 34.5 Å². The first-order valence-corrected chi connectivity index (χ1v) is 12.0. The topological polar surface area (TPSA) is 0 Å². The molecule has 0 heterocycles. The summed E-state index contributed by atoms with van der Waals surface area (Å²) < 4.78 is 0. The van der Waals surface area contributed by atoms with Gasteiger partial charge in [-0.1, -0.05) is 78.9 Å². The van der Waals surface area contributed by atoms with E-state index in [1.165, 1.54) is 64.2 Å². The van der Waals surface area contributed by atoms with Crippen LogP contribution in [0.3, 0.4) is 0 Å². The highest BCUT2D eigenvalue weighted by molar-refractivity contribution is 5.27. The van der Waals surface area contributed by atoms with Gasteiger partial charge in [0, 0.05) is 0 Å². The van der Waals surface area contributed by atoms with E-state index in [0.29, 0.717) is 10.8 Å². The van der Waals surface area contributed by atoms with Crippen LogP contribution >= 0.6 is 0 Å². The Morgan fingerprint density at radius 2 is 1.62 bits per heavy atom. The van der Waals surface area contributed by atoms with Crippen molar-refractivity contribution in [1.82, 2.24) is 0 Å². The van der Waals surface area contributed by atoms with Gasteiger partial charge < -0.3 is 0 Å². The van der Waals surface area contributed by atoms with Crippen LogP contribution in [0.25, 0.3) is 0 Å². The van der Waals surface area contributed by atoms with Crippen molar-refractivity contribution in [3.05, 3.63) is 11.1 Å². The Balaban J connectivity index is 0.00000117. The molecule has 0 radical (unpaired) electrons. The van der Waals surface area contributed by atoms with Crippen LogP contribution in [0, 0.1) is 34.5 Å². The predicted molar refractivity (Wildman–Crippen MR) is 117 cm³/mol. The van der Waals surface area contributed by atoms with Gasteiger partial charge in [-0.25, -0.2) is 0 Å². The maximum absolute atomic E-state index is 2.65. The Hall–Kier alpha value is -0.260. The highest BCUT2D eigenvalue weighted by Gasteiger charge is 2.54. The molecule has 0 nitrogen and oxygen atoms in total. The lowest BCUT2D eigenvalue weighted by Crippen LogP contribution is -2.44. The van der Waals surface area contributed by atoms with Gasteiger partial charge in [0.25, 0.3) is 0 Å². The van der Waals surface area contributed by atoms with E-state index >= 15 is 0 Å². The zero-order valence-corrected chi connectivity index (χ0v) is 19.4. The summed E-state index contributed by atoms with van der Waals surface area (Å²) in [5.41, 5.74) is 4.68. The molecule has 0 spiro atoms. The van der Waals surface area contributed by atoms with Gasteiger partial charge in [-0.05, 0) is 86.4 Å². The molecule has 3 aliphatic carbocycles. The second-order valence-corrected chi connectivity index (χ2v) is 10.5.